The number of aromatic nitrogens is 3. The molecule has 2 aliphatic heterocycles. The smallest absolute Gasteiger partial charge is 0.320 e. The van der Waals surface area contributed by atoms with E-state index in [2.05, 4.69) is 27.5 Å². The molecular weight excluding hydrogens is 462 g/mol. The van der Waals surface area contributed by atoms with Gasteiger partial charge >= 0.3 is 6.03 Å². The van der Waals surface area contributed by atoms with Gasteiger partial charge in [-0.15, -0.1) is 0 Å². The number of halogens is 1. The summed E-state index contributed by atoms with van der Waals surface area (Å²) in [5, 5.41) is 11.1. The summed E-state index contributed by atoms with van der Waals surface area (Å²) in [4.78, 5) is 16.8. The van der Waals surface area contributed by atoms with Gasteiger partial charge in [-0.25, -0.2) is 13.2 Å². The zero-order chi connectivity index (χ0) is 23.2. The largest absolute Gasteiger partial charge is 0.324 e. The molecule has 2 fully saturated rings. The number of hydrogen-bond donors (Lipinski definition) is 1. The lowest BCUT2D eigenvalue weighted by Crippen LogP contribution is -2.53. The number of H-pyrrole nitrogens is 1. The number of sulfone groups is 1. The Morgan fingerprint density at radius 1 is 1.06 bits per heavy atom. The van der Waals surface area contributed by atoms with E-state index < -0.39 is 9.84 Å². The molecule has 0 bridgehead atoms. The number of amides is 2. The normalized spacial score (nSPS) is 19.0. The van der Waals surface area contributed by atoms with Crippen molar-refractivity contribution in [2.75, 3.05) is 32.4 Å². The average molecular weight is 486 g/mol. The predicted octanol–water partition coefficient (Wildman–Crippen LogP) is 3.54. The number of rotatable bonds is 4. The van der Waals surface area contributed by atoms with Gasteiger partial charge in [-0.2, -0.15) is 15.4 Å². The standard InChI is InChI=1S/C23H24ClN5O3S/c1-33(31,32)19-6-7-20(21(24)10-19)16-4-2-15(3-5-16)18-13-29(14-18)23(30)28-9-8-17(12-28)22-11-25-27-26-22/h2-7,10-11,17-18H,8-9,12-14H2,1H3,(H,25,26,27). The number of hydrogen-bond acceptors (Lipinski definition) is 5. The Bertz CT molecular complexity index is 1270. The van der Waals surface area contributed by atoms with Gasteiger partial charge in [0.1, 0.15) is 0 Å². The van der Waals surface area contributed by atoms with Crippen LogP contribution in [0.25, 0.3) is 11.1 Å². The summed E-state index contributed by atoms with van der Waals surface area (Å²) in [6.07, 6.45) is 3.80. The van der Waals surface area contributed by atoms with Crippen LogP contribution < -0.4 is 0 Å². The molecule has 2 aliphatic rings. The van der Waals surface area contributed by atoms with Crippen LogP contribution in [0.3, 0.4) is 0 Å². The molecule has 8 nitrogen and oxygen atoms in total. The fraction of sp³-hybridized carbons (Fsp3) is 0.348. The van der Waals surface area contributed by atoms with E-state index in [0.29, 0.717) is 30.6 Å². The number of benzene rings is 2. The van der Waals surface area contributed by atoms with Crippen LogP contribution >= 0.6 is 11.6 Å². The van der Waals surface area contributed by atoms with Crippen LogP contribution in [-0.4, -0.2) is 72.1 Å². The third-order valence-corrected chi connectivity index (χ3v) is 7.95. The molecule has 1 unspecified atom stereocenters. The SMILES string of the molecule is CS(=O)(=O)c1ccc(-c2ccc(C3CN(C(=O)N4CCC(c5cn[nH]n5)C4)C3)cc2)c(Cl)c1. The molecule has 1 aromatic heterocycles. The molecule has 2 aromatic carbocycles. The summed E-state index contributed by atoms with van der Waals surface area (Å²) >= 11 is 6.35. The highest BCUT2D eigenvalue weighted by Gasteiger charge is 2.37. The van der Waals surface area contributed by atoms with Crippen LogP contribution in [-0.2, 0) is 9.84 Å². The first-order valence-corrected chi connectivity index (χ1v) is 13.1. The summed E-state index contributed by atoms with van der Waals surface area (Å²) in [7, 11) is -3.30. The number of aromatic amines is 1. The molecule has 1 N–H and O–H groups in total. The van der Waals surface area contributed by atoms with Crippen LogP contribution in [0.2, 0.25) is 5.02 Å². The van der Waals surface area contributed by atoms with Gasteiger partial charge in [0.15, 0.2) is 9.84 Å². The molecule has 5 rings (SSSR count). The minimum Gasteiger partial charge on any atom is -0.324 e. The van der Waals surface area contributed by atoms with Gasteiger partial charge in [0.25, 0.3) is 0 Å². The van der Waals surface area contributed by atoms with Crippen molar-refractivity contribution < 1.29 is 13.2 Å². The summed E-state index contributed by atoms with van der Waals surface area (Å²) < 4.78 is 23.4. The molecule has 172 valence electrons. The van der Waals surface area contributed by atoms with Crippen molar-refractivity contribution >= 4 is 27.5 Å². The number of likely N-dealkylation sites (tertiary alicyclic amines) is 2. The topological polar surface area (TPSA) is 99.3 Å². The Morgan fingerprint density at radius 2 is 1.79 bits per heavy atom. The monoisotopic (exact) mass is 485 g/mol. The maximum atomic E-state index is 12.8. The maximum Gasteiger partial charge on any atom is 0.320 e. The second-order valence-electron chi connectivity index (χ2n) is 8.75. The van der Waals surface area contributed by atoms with Crippen LogP contribution in [0.1, 0.15) is 29.5 Å². The van der Waals surface area contributed by atoms with E-state index in [9.17, 15) is 13.2 Å². The van der Waals surface area contributed by atoms with E-state index in [4.69, 9.17) is 11.6 Å². The molecule has 0 saturated carbocycles. The molecular formula is C23H24ClN5O3S. The minimum atomic E-state index is -3.30. The van der Waals surface area contributed by atoms with Crippen molar-refractivity contribution in [3.05, 3.63) is 64.9 Å². The number of nitrogens with one attached hydrogen (secondary N) is 1. The third kappa shape index (κ3) is 4.35. The lowest BCUT2D eigenvalue weighted by atomic mass is 9.90. The van der Waals surface area contributed by atoms with E-state index in [1.807, 2.05) is 21.9 Å². The van der Waals surface area contributed by atoms with Gasteiger partial charge in [-0.05, 0) is 29.7 Å². The minimum absolute atomic E-state index is 0.0895. The zero-order valence-corrected chi connectivity index (χ0v) is 19.7. The highest BCUT2D eigenvalue weighted by atomic mass is 35.5. The number of carbonyl (C=O) groups excluding carboxylic acids is 1. The molecule has 1 atom stereocenters. The predicted molar refractivity (Wildman–Crippen MR) is 125 cm³/mol. The number of urea groups is 1. The summed E-state index contributed by atoms with van der Waals surface area (Å²) in [5.74, 6) is 0.552. The van der Waals surface area contributed by atoms with Gasteiger partial charge < -0.3 is 9.80 Å². The lowest BCUT2D eigenvalue weighted by Gasteiger charge is -2.41. The summed E-state index contributed by atoms with van der Waals surface area (Å²) in [5.41, 5.74) is 3.80. The Kier molecular flexibility index (Phi) is 5.62. The van der Waals surface area contributed by atoms with Crippen molar-refractivity contribution in [2.45, 2.75) is 23.2 Å². The molecule has 33 heavy (non-hydrogen) atoms. The quantitative estimate of drug-likeness (QED) is 0.609. The van der Waals surface area contributed by atoms with Gasteiger partial charge in [-0.3, -0.25) is 0 Å². The lowest BCUT2D eigenvalue weighted by molar-refractivity contribution is 0.121. The van der Waals surface area contributed by atoms with Gasteiger partial charge in [0.05, 0.1) is 16.8 Å². The van der Waals surface area contributed by atoms with Crippen molar-refractivity contribution in [3.63, 3.8) is 0 Å². The molecule has 2 amide bonds. The van der Waals surface area contributed by atoms with E-state index in [1.54, 1.807) is 18.3 Å². The Morgan fingerprint density at radius 3 is 2.42 bits per heavy atom. The Labute approximate surface area is 197 Å². The van der Waals surface area contributed by atoms with Crippen molar-refractivity contribution in [2.24, 2.45) is 0 Å². The molecule has 3 aromatic rings. The highest BCUT2D eigenvalue weighted by molar-refractivity contribution is 7.90. The molecule has 10 heteroatoms. The van der Waals surface area contributed by atoms with Gasteiger partial charge in [-0.1, -0.05) is 41.9 Å². The van der Waals surface area contributed by atoms with Crippen LogP contribution in [0.5, 0.6) is 0 Å². The molecule has 3 heterocycles. The van der Waals surface area contributed by atoms with E-state index in [1.165, 1.54) is 17.9 Å². The molecule has 0 spiro atoms. The third-order valence-electron chi connectivity index (χ3n) is 6.52. The van der Waals surface area contributed by atoms with Crippen molar-refractivity contribution in [3.8, 4) is 11.1 Å². The fourth-order valence-electron chi connectivity index (χ4n) is 4.52. The zero-order valence-electron chi connectivity index (χ0n) is 18.1. The van der Waals surface area contributed by atoms with Crippen molar-refractivity contribution in [1.82, 2.24) is 25.2 Å². The van der Waals surface area contributed by atoms with Crippen LogP contribution in [0.4, 0.5) is 4.79 Å². The molecule has 0 radical (unpaired) electrons. The molecule has 0 aliphatic carbocycles. The van der Waals surface area contributed by atoms with E-state index in [0.717, 1.165) is 29.8 Å². The van der Waals surface area contributed by atoms with Crippen LogP contribution in [0, 0.1) is 0 Å². The second-order valence-corrected chi connectivity index (χ2v) is 11.2. The average Bonchev–Trinajstić information content (AvgIpc) is 3.44. The Hall–Kier alpha value is -2.91. The van der Waals surface area contributed by atoms with E-state index in [-0.39, 0.29) is 16.8 Å². The first-order valence-electron chi connectivity index (χ1n) is 10.8. The van der Waals surface area contributed by atoms with Crippen LogP contribution in [0.15, 0.2) is 53.6 Å². The number of carbonyl (C=O) groups is 1. The van der Waals surface area contributed by atoms with Gasteiger partial charge in [0, 0.05) is 54.9 Å². The van der Waals surface area contributed by atoms with Crippen molar-refractivity contribution in [1.29, 1.82) is 0 Å². The van der Waals surface area contributed by atoms with Gasteiger partial charge in [0.2, 0.25) is 0 Å². The second kappa shape index (κ2) is 8.46. The Balaban J connectivity index is 1.19. The number of nitrogens with zero attached hydrogens (tertiary/aromatic N) is 4. The van der Waals surface area contributed by atoms with E-state index >= 15 is 0 Å². The fourth-order valence-corrected chi connectivity index (χ4v) is 5.53. The summed E-state index contributed by atoms with van der Waals surface area (Å²) in [6, 6.07) is 13.0. The maximum absolute atomic E-state index is 12.8. The summed E-state index contributed by atoms with van der Waals surface area (Å²) in [6.45, 7) is 2.82. The highest BCUT2D eigenvalue weighted by Crippen LogP contribution is 2.34. The first kappa shape index (κ1) is 21.9. The molecule has 2 saturated heterocycles. The first-order chi connectivity index (χ1) is 15.8.